The molecule has 2 N–H and O–H groups in total. The summed E-state index contributed by atoms with van der Waals surface area (Å²) in [6, 6.07) is 7.06. The van der Waals surface area contributed by atoms with Gasteiger partial charge in [-0.05, 0) is 69.4 Å². The van der Waals surface area contributed by atoms with Crippen molar-refractivity contribution < 1.29 is 19.1 Å². The molecular weight excluding hydrogens is 510 g/mol. The molecule has 39 heavy (non-hydrogen) atoms. The van der Waals surface area contributed by atoms with Gasteiger partial charge in [-0.2, -0.15) is 0 Å². The maximum absolute atomic E-state index is 14.1. The molecule has 0 radical (unpaired) electrons. The number of carbonyl (C=O) groups excluding carboxylic acids is 3. The van der Waals surface area contributed by atoms with Gasteiger partial charge in [0.1, 0.15) is 11.6 Å². The second-order valence-corrected chi connectivity index (χ2v) is 12.5. The van der Waals surface area contributed by atoms with Gasteiger partial charge in [0, 0.05) is 23.2 Å². The second kappa shape index (κ2) is 11.1. The molecule has 3 heterocycles. The van der Waals surface area contributed by atoms with Crippen molar-refractivity contribution >= 4 is 35.2 Å². The third kappa shape index (κ3) is 4.95. The van der Waals surface area contributed by atoms with Crippen LogP contribution in [0.15, 0.2) is 53.0 Å². The number of nitrogens with one attached hydrogen (secondary N) is 2. The quantitative estimate of drug-likeness (QED) is 0.358. The van der Waals surface area contributed by atoms with E-state index in [-0.39, 0.29) is 23.8 Å². The fraction of sp³-hybridized carbons (Fsp3) is 0.581. The van der Waals surface area contributed by atoms with E-state index in [1.165, 1.54) is 24.8 Å². The van der Waals surface area contributed by atoms with Gasteiger partial charge in [0.2, 0.25) is 17.7 Å². The first-order chi connectivity index (χ1) is 19.0. The van der Waals surface area contributed by atoms with E-state index >= 15 is 0 Å². The van der Waals surface area contributed by atoms with Gasteiger partial charge in [0.05, 0.1) is 17.9 Å². The molecule has 1 aromatic carbocycles. The van der Waals surface area contributed by atoms with Crippen LogP contribution >= 0.6 is 11.8 Å². The zero-order valence-corrected chi connectivity index (χ0v) is 23.5. The summed E-state index contributed by atoms with van der Waals surface area (Å²) >= 11 is 1.61. The SMILES string of the molecule is CSc1cccc(NC(=O)[C@H]2[C@@H]3C=C[C@]4(O3)[C@@H]2C(=O)N(CCC2=CCCCC2)[C@H]4C(=O)NC2CCCCC2)c1. The maximum Gasteiger partial charge on any atom is 0.246 e. The normalized spacial score (nSPS) is 31.8. The van der Waals surface area contributed by atoms with Crippen molar-refractivity contribution in [2.24, 2.45) is 11.8 Å². The van der Waals surface area contributed by atoms with E-state index in [9.17, 15) is 14.4 Å². The molecule has 208 valence electrons. The average molecular weight is 550 g/mol. The summed E-state index contributed by atoms with van der Waals surface area (Å²) in [5, 5.41) is 6.31. The molecule has 3 aliphatic heterocycles. The molecule has 7 nitrogen and oxygen atoms in total. The Balaban J connectivity index is 1.27. The highest BCUT2D eigenvalue weighted by molar-refractivity contribution is 7.98. The van der Waals surface area contributed by atoms with Crippen LogP contribution in [0.1, 0.15) is 64.2 Å². The van der Waals surface area contributed by atoms with Gasteiger partial charge in [0.15, 0.2) is 0 Å². The Morgan fingerprint density at radius 3 is 2.74 bits per heavy atom. The molecule has 6 rings (SSSR count). The topological polar surface area (TPSA) is 87.7 Å². The highest BCUT2D eigenvalue weighted by atomic mass is 32.2. The largest absolute Gasteiger partial charge is 0.359 e. The second-order valence-electron chi connectivity index (χ2n) is 11.7. The number of ether oxygens (including phenoxy) is 1. The lowest BCUT2D eigenvalue weighted by Gasteiger charge is -2.34. The third-order valence-corrected chi connectivity index (χ3v) is 10.00. The Bertz CT molecular complexity index is 1190. The summed E-state index contributed by atoms with van der Waals surface area (Å²) in [5.41, 5.74) is 0.953. The van der Waals surface area contributed by atoms with Gasteiger partial charge >= 0.3 is 0 Å². The molecule has 0 unspecified atom stereocenters. The maximum atomic E-state index is 14.1. The minimum absolute atomic E-state index is 0.130. The van der Waals surface area contributed by atoms with Crippen molar-refractivity contribution in [2.45, 2.75) is 92.9 Å². The lowest BCUT2D eigenvalue weighted by molar-refractivity contribution is -0.141. The number of allylic oxidation sites excluding steroid dienone is 1. The van der Waals surface area contributed by atoms with Crippen LogP contribution in [-0.4, -0.2) is 59.2 Å². The Kier molecular flexibility index (Phi) is 7.60. The minimum atomic E-state index is -1.11. The van der Waals surface area contributed by atoms with Crippen LogP contribution in [0.5, 0.6) is 0 Å². The molecule has 1 aromatic rings. The minimum Gasteiger partial charge on any atom is -0.359 e. The van der Waals surface area contributed by atoms with Gasteiger partial charge in [-0.3, -0.25) is 14.4 Å². The van der Waals surface area contributed by atoms with Gasteiger partial charge in [0.25, 0.3) is 0 Å². The number of hydrogen-bond acceptors (Lipinski definition) is 5. The van der Waals surface area contributed by atoms with Crippen molar-refractivity contribution in [2.75, 3.05) is 18.1 Å². The summed E-state index contributed by atoms with van der Waals surface area (Å²) in [6.07, 6.45) is 18.2. The number of anilines is 1. The molecule has 8 heteroatoms. The van der Waals surface area contributed by atoms with Gasteiger partial charge < -0.3 is 20.3 Å². The highest BCUT2D eigenvalue weighted by Gasteiger charge is 2.72. The Morgan fingerprint density at radius 2 is 1.97 bits per heavy atom. The number of carbonyl (C=O) groups is 3. The molecule has 1 saturated carbocycles. The summed E-state index contributed by atoms with van der Waals surface area (Å²) in [7, 11) is 0. The monoisotopic (exact) mass is 549 g/mol. The summed E-state index contributed by atoms with van der Waals surface area (Å²) in [4.78, 5) is 44.6. The van der Waals surface area contributed by atoms with Gasteiger partial charge in [-0.15, -0.1) is 11.8 Å². The molecule has 3 amide bonds. The Hall–Kier alpha value is -2.58. The van der Waals surface area contributed by atoms with Crippen LogP contribution in [0.2, 0.25) is 0 Å². The van der Waals surface area contributed by atoms with E-state index in [1.807, 2.05) is 42.7 Å². The zero-order chi connectivity index (χ0) is 27.0. The van der Waals surface area contributed by atoms with Crippen molar-refractivity contribution in [1.82, 2.24) is 10.2 Å². The van der Waals surface area contributed by atoms with Gasteiger partial charge in [-0.1, -0.05) is 49.1 Å². The zero-order valence-electron chi connectivity index (χ0n) is 22.7. The number of fused-ring (bicyclic) bond motifs is 1. The van der Waals surface area contributed by atoms with Crippen LogP contribution in [0.4, 0.5) is 5.69 Å². The molecule has 0 aromatic heterocycles. The van der Waals surface area contributed by atoms with E-state index in [0.29, 0.717) is 12.2 Å². The van der Waals surface area contributed by atoms with Crippen LogP contribution in [0.25, 0.3) is 0 Å². The number of likely N-dealkylation sites (tertiary alicyclic amines) is 1. The van der Waals surface area contributed by atoms with E-state index < -0.39 is 29.6 Å². The summed E-state index contributed by atoms with van der Waals surface area (Å²) in [5.74, 6) is -1.90. The fourth-order valence-corrected chi connectivity index (χ4v) is 7.82. The number of rotatable bonds is 8. The van der Waals surface area contributed by atoms with Crippen LogP contribution < -0.4 is 10.6 Å². The summed E-state index contributed by atoms with van der Waals surface area (Å²) in [6.45, 7) is 0.470. The Morgan fingerprint density at radius 1 is 1.13 bits per heavy atom. The Labute approximate surface area is 235 Å². The van der Waals surface area contributed by atoms with E-state index in [4.69, 9.17) is 4.74 Å². The average Bonchev–Trinajstić information content (AvgIpc) is 3.60. The van der Waals surface area contributed by atoms with Crippen LogP contribution in [0, 0.1) is 11.8 Å². The fourth-order valence-electron chi connectivity index (χ4n) is 7.36. The number of benzene rings is 1. The standard InChI is InChI=1S/C31H39N3O4S/c1-39-23-14-8-13-22(19-23)33-28(35)25-24-15-17-31(38-24)26(25)30(37)34(18-16-20-9-4-2-5-10-20)27(31)29(36)32-21-11-6-3-7-12-21/h8-9,13-15,17,19,21,24-27H,2-7,10-12,16,18H2,1H3,(H,32,36)(H,33,35)/t24-,25-,26-,27-,31-/m0/s1. The smallest absolute Gasteiger partial charge is 0.246 e. The van der Waals surface area contributed by atoms with Crippen molar-refractivity contribution in [3.05, 3.63) is 48.1 Å². The first-order valence-corrected chi connectivity index (χ1v) is 15.8. The summed E-state index contributed by atoms with van der Waals surface area (Å²) < 4.78 is 6.50. The molecule has 2 aliphatic carbocycles. The van der Waals surface area contributed by atoms with E-state index in [2.05, 4.69) is 16.7 Å². The van der Waals surface area contributed by atoms with Crippen molar-refractivity contribution in [1.29, 1.82) is 0 Å². The van der Waals surface area contributed by atoms with E-state index in [1.54, 1.807) is 16.7 Å². The van der Waals surface area contributed by atoms with Crippen LogP contribution in [0.3, 0.4) is 0 Å². The number of thioether (sulfide) groups is 1. The number of nitrogens with zero attached hydrogens (tertiary/aromatic N) is 1. The van der Waals surface area contributed by atoms with Crippen molar-refractivity contribution in [3.63, 3.8) is 0 Å². The first-order valence-electron chi connectivity index (χ1n) is 14.6. The first kappa shape index (κ1) is 26.6. The lowest BCUT2D eigenvalue weighted by atomic mass is 9.74. The molecule has 5 atom stereocenters. The molecule has 1 spiro atoms. The predicted octanol–water partition coefficient (Wildman–Crippen LogP) is 4.84. The molecule has 2 bridgehead atoms. The molecule has 3 fully saturated rings. The number of hydrogen-bond donors (Lipinski definition) is 2. The molecule has 2 saturated heterocycles. The van der Waals surface area contributed by atoms with Gasteiger partial charge in [-0.25, -0.2) is 0 Å². The highest BCUT2D eigenvalue weighted by Crippen LogP contribution is 2.55. The van der Waals surface area contributed by atoms with E-state index in [0.717, 1.165) is 49.8 Å². The van der Waals surface area contributed by atoms with Crippen molar-refractivity contribution in [3.8, 4) is 0 Å². The third-order valence-electron chi connectivity index (χ3n) is 9.27. The predicted molar refractivity (Wildman–Crippen MR) is 152 cm³/mol. The molecule has 5 aliphatic rings. The lowest BCUT2D eigenvalue weighted by Crippen LogP contribution is -2.56. The molecular formula is C31H39N3O4S. The van der Waals surface area contributed by atoms with Crippen LogP contribution in [-0.2, 0) is 19.1 Å². The number of amides is 3.